The normalized spacial score (nSPS) is 11.2. The monoisotopic (exact) mass is 250 g/mol. The topological polar surface area (TPSA) is 34.1 Å². The molecule has 0 bridgehead atoms. The Labute approximate surface area is 107 Å². The van der Waals surface area contributed by atoms with E-state index in [4.69, 9.17) is 0 Å². The van der Waals surface area contributed by atoms with E-state index in [1.54, 1.807) is 0 Å². The molecule has 0 radical (unpaired) electrons. The Hall–Kier alpha value is -1.09. The van der Waals surface area contributed by atoms with E-state index in [1.807, 2.05) is 51.1 Å². The van der Waals surface area contributed by atoms with Crippen molar-refractivity contribution < 1.29 is 9.59 Å². The van der Waals surface area contributed by atoms with Gasteiger partial charge in [-0.25, -0.2) is 0 Å². The van der Waals surface area contributed by atoms with Crippen molar-refractivity contribution >= 4 is 22.7 Å². The van der Waals surface area contributed by atoms with Crippen LogP contribution in [0.1, 0.15) is 33.6 Å². The Balaban J connectivity index is 2.43. The quantitative estimate of drug-likeness (QED) is 0.603. The Kier molecular flexibility index (Phi) is 4.94. The van der Waals surface area contributed by atoms with Gasteiger partial charge in [0, 0.05) is 11.3 Å². The first-order chi connectivity index (χ1) is 7.87. The highest BCUT2D eigenvalue weighted by Crippen LogP contribution is 2.23. The summed E-state index contributed by atoms with van der Waals surface area (Å²) < 4.78 is 0. The van der Waals surface area contributed by atoms with E-state index in [-0.39, 0.29) is 22.7 Å². The van der Waals surface area contributed by atoms with Crippen LogP contribution < -0.4 is 0 Å². The molecule has 0 saturated carbocycles. The van der Waals surface area contributed by atoms with Gasteiger partial charge in [-0.15, -0.1) is 0 Å². The molecule has 1 rings (SSSR count). The van der Waals surface area contributed by atoms with Crippen LogP contribution >= 0.6 is 11.8 Å². The van der Waals surface area contributed by atoms with Crippen LogP contribution in [0.5, 0.6) is 0 Å². The highest BCUT2D eigenvalue weighted by Gasteiger charge is 2.18. The number of carbonyl (C=O) groups is 2. The zero-order valence-electron chi connectivity index (χ0n) is 10.5. The Morgan fingerprint density at radius 1 is 1.12 bits per heavy atom. The van der Waals surface area contributed by atoms with Crippen molar-refractivity contribution in [2.75, 3.05) is 0 Å². The van der Waals surface area contributed by atoms with E-state index in [0.29, 0.717) is 6.42 Å². The Morgan fingerprint density at radius 2 is 1.71 bits per heavy atom. The molecule has 0 N–H and O–H groups in total. The van der Waals surface area contributed by atoms with Gasteiger partial charge < -0.3 is 0 Å². The summed E-state index contributed by atoms with van der Waals surface area (Å²) in [7, 11) is 0. The van der Waals surface area contributed by atoms with Crippen molar-refractivity contribution in [2.24, 2.45) is 5.41 Å². The fraction of sp³-hybridized carbons (Fsp3) is 0.429. The summed E-state index contributed by atoms with van der Waals surface area (Å²) in [6, 6.07) is 9.41. The lowest BCUT2D eigenvalue weighted by Crippen LogP contribution is -2.14. The van der Waals surface area contributed by atoms with Crippen LogP contribution in [0.4, 0.5) is 0 Å². The molecular weight excluding hydrogens is 232 g/mol. The highest BCUT2D eigenvalue weighted by atomic mass is 32.2. The maximum absolute atomic E-state index is 11.7. The summed E-state index contributed by atoms with van der Waals surface area (Å²) in [6.45, 7) is 6.00. The minimum atomic E-state index is -0.0783. The van der Waals surface area contributed by atoms with E-state index in [0.717, 1.165) is 16.7 Å². The molecule has 0 saturated heterocycles. The molecule has 0 amide bonds. The first-order valence-corrected chi connectivity index (χ1v) is 6.46. The van der Waals surface area contributed by atoms with Gasteiger partial charge in [0.2, 0.25) is 5.12 Å². The van der Waals surface area contributed by atoms with Crippen LogP contribution in [0.2, 0.25) is 0 Å². The third-order valence-electron chi connectivity index (χ3n) is 2.04. The number of rotatable bonds is 4. The Bertz CT molecular complexity index is 390. The van der Waals surface area contributed by atoms with Crippen LogP contribution in [-0.2, 0) is 9.59 Å². The summed E-state index contributed by atoms with van der Waals surface area (Å²) in [5.41, 5.74) is -0.0468. The molecule has 0 heterocycles. The zero-order chi connectivity index (χ0) is 12.9. The van der Waals surface area contributed by atoms with Crippen molar-refractivity contribution in [3.05, 3.63) is 30.3 Å². The van der Waals surface area contributed by atoms with E-state index in [2.05, 4.69) is 0 Å². The van der Waals surface area contributed by atoms with E-state index < -0.39 is 0 Å². The van der Waals surface area contributed by atoms with Gasteiger partial charge >= 0.3 is 0 Å². The second kappa shape index (κ2) is 6.01. The SMILES string of the molecule is CC(C)(C)CC(=O)CC(=O)Sc1ccccc1. The predicted molar refractivity (Wildman–Crippen MR) is 71.0 cm³/mol. The molecule has 0 aliphatic heterocycles. The number of benzene rings is 1. The molecule has 92 valence electrons. The van der Waals surface area contributed by atoms with Crippen LogP contribution in [-0.4, -0.2) is 10.9 Å². The number of carbonyl (C=O) groups excluding carboxylic acids is 2. The third kappa shape index (κ3) is 6.27. The van der Waals surface area contributed by atoms with Gasteiger partial charge in [0.1, 0.15) is 5.78 Å². The average Bonchev–Trinajstić information content (AvgIpc) is 2.15. The molecule has 1 aromatic carbocycles. The van der Waals surface area contributed by atoms with Crippen LogP contribution in [0.25, 0.3) is 0 Å². The second-order valence-corrected chi connectivity index (χ2v) is 6.37. The van der Waals surface area contributed by atoms with Gasteiger partial charge in [-0.1, -0.05) is 50.7 Å². The summed E-state index contributed by atoms with van der Waals surface area (Å²) in [4.78, 5) is 24.2. The third-order valence-corrected chi connectivity index (χ3v) is 2.92. The van der Waals surface area contributed by atoms with Gasteiger partial charge in [-0.05, 0) is 17.5 Å². The second-order valence-electron chi connectivity index (χ2n) is 5.24. The molecule has 0 spiro atoms. The number of ketones is 1. The molecule has 0 aliphatic carbocycles. The lowest BCUT2D eigenvalue weighted by molar-refractivity contribution is -0.124. The van der Waals surface area contributed by atoms with E-state index in [1.165, 1.54) is 0 Å². The minimum absolute atomic E-state index is 0.0194. The van der Waals surface area contributed by atoms with Gasteiger partial charge in [0.25, 0.3) is 0 Å². The minimum Gasteiger partial charge on any atom is -0.299 e. The van der Waals surface area contributed by atoms with Crippen LogP contribution in [0, 0.1) is 5.41 Å². The molecular formula is C14H18O2S. The lowest BCUT2D eigenvalue weighted by Gasteiger charge is -2.16. The van der Waals surface area contributed by atoms with Crippen molar-refractivity contribution in [1.29, 1.82) is 0 Å². The summed E-state index contributed by atoms with van der Waals surface area (Å²) in [5.74, 6) is 0.0194. The summed E-state index contributed by atoms with van der Waals surface area (Å²) in [5, 5.41) is -0.0783. The molecule has 3 heteroatoms. The molecule has 17 heavy (non-hydrogen) atoms. The van der Waals surface area contributed by atoms with Gasteiger partial charge in [0.05, 0.1) is 6.42 Å². The maximum atomic E-state index is 11.7. The smallest absolute Gasteiger partial charge is 0.201 e. The van der Waals surface area contributed by atoms with Crippen LogP contribution in [0.3, 0.4) is 0 Å². The number of hydrogen-bond acceptors (Lipinski definition) is 3. The maximum Gasteiger partial charge on any atom is 0.201 e. The van der Waals surface area contributed by atoms with Crippen molar-refractivity contribution in [2.45, 2.75) is 38.5 Å². The van der Waals surface area contributed by atoms with Crippen molar-refractivity contribution in [3.63, 3.8) is 0 Å². The largest absolute Gasteiger partial charge is 0.299 e. The number of hydrogen-bond donors (Lipinski definition) is 0. The van der Waals surface area contributed by atoms with Crippen LogP contribution in [0.15, 0.2) is 35.2 Å². The van der Waals surface area contributed by atoms with Crippen molar-refractivity contribution in [1.82, 2.24) is 0 Å². The fourth-order valence-electron chi connectivity index (χ4n) is 1.47. The molecule has 2 nitrogen and oxygen atoms in total. The summed E-state index contributed by atoms with van der Waals surface area (Å²) >= 11 is 1.14. The first-order valence-electron chi connectivity index (χ1n) is 5.64. The number of thioether (sulfide) groups is 1. The molecule has 1 aromatic rings. The lowest BCUT2D eigenvalue weighted by atomic mass is 9.89. The van der Waals surface area contributed by atoms with Gasteiger partial charge in [0.15, 0.2) is 0 Å². The van der Waals surface area contributed by atoms with Gasteiger partial charge in [-0.3, -0.25) is 9.59 Å². The van der Waals surface area contributed by atoms with E-state index >= 15 is 0 Å². The standard InChI is InChI=1S/C14H18O2S/c1-14(2,3)10-11(15)9-13(16)17-12-7-5-4-6-8-12/h4-8H,9-10H2,1-3H3. The molecule has 0 aromatic heterocycles. The van der Waals surface area contributed by atoms with Crippen molar-refractivity contribution in [3.8, 4) is 0 Å². The molecule has 0 fully saturated rings. The van der Waals surface area contributed by atoms with E-state index in [9.17, 15) is 9.59 Å². The van der Waals surface area contributed by atoms with Gasteiger partial charge in [-0.2, -0.15) is 0 Å². The first kappa shape index (κ1) is 14.0. The molecule has 0 unspecified atom stereocenters. The predicted octanol–water partition coefficient (Wildman–Crippen LogP) is 3.70. The zero-order valence-corrected chi connectivity index (χ0v) is 11.3. The highest BCUT2D eigenvalue weighted by molar-refractivity contribution is 8.13. The Morgan fingerprint density at radius 3 is 2.24 bits per heavy atom. The fourth-order valence-corrected chi connectivity index (χ4v) is 2.26. The molecule has 0 aliphatic rings. The number of Topliss-reactive ketones (excluding diaryl/α,β-unsaturated/α-hetero) is 1. The average molecular weight is 250 g/mol. The molecule has 0 atom stereocenters. The summed E-state index contributed by atoms with van der Waals surface area (Å²) in [6.07, 6.45) is 0.477.